The monoisotopic (exact) mass is 225 g/mol. The molecule has 0 spiro atoms. The fraction of sp³-hybridized carbons (Fsp3) is 0.600. The van der Waals surface area contributed by atoms with E-state index >= 15 is 0 Å². The Kier molecular flexibility index (Phi) is 3.11. The van der Waals surface area contributed by atoms with E-state index < -0.39 is 0 Å². The number of nitrogens with one attached hydrogen (secondary N) is 1. The standard InChI is InChI=1S/C10H15N3OS/c1-15-9-4-8(12-7-13-9)11-5-10(6-14)2-3-10/h4,7,14H,2-3,5-6H2,1H3,(H,11,12,13). The first-order chi connectivity index (χ1) is 7.28. The summed E-state index contributed by atoms with van der Waals surface area (Å²) in [4.78, 5) is 8.24. The molecular formula is C10H15N3OS. The number of aliphatic hydroxyl groups excluding tert-OH is 1. The fourth-order valence-electron chi connectivity index (χ4n) is 1.39. The van der Waals surface area contributed by atoms with Crippen LogP contribution in [0, 0.1) is 5.41 Å². The van der Waals surface area contributed by atoms with Gasteiger partial charge in [0, 0.05) is 18.0 Å². The highest BCUT2D eigenvalue weighted by molar-refractivity contribution is 7.98. The summed E-state index contributed by atoms with van der Waals surface area (Å²) in [6.07, 6.45) is 5.77. The largest absolute Gasteiger partial charge is 0.396 e. The van der Waals surface area contributed by atoms with Crippen molar-refractivity contribution in [1.29, 1.82) is 0 Å². The van der Waals surface area contributed by atoms with Crippen molar-refractivity contribution in [1.82, 2.24) is 9.97 Å². The number of nitrogens with zero attached hydrogens (tertiary/aromatic N) is 2. The van der Waals surface area contributed by atoms with E-state index in [0.717, 1.165) is 30.2 Å². The fourth-order valence-corrected chi connectivity index (χ4v) is 1.78. The van der Waals surface area contributed by atoms with Gasteiger partial charge in [-0.1, -0.05) is 0 Å². The molecule has 1 aliphatic carbocycles. The van der Waals surface area contributed by atoms with Crippen LogP contribution in [0.4, 0.5) is 5.82 Å². The average Bonchev–Trinajstić information content (AvgIpc) is 3.07. The van der Waals surface area contributed by atoms with Crippen LogP contribution in [-0.2, 0) is 0 Å². The summed E-state index contributed by atoms with van der Waals surface area (Å²) in [6, 6.07) is 1.93. The maximum atomic E-state index is 9.16. The number of hydrogen-bond donors (Lipinski definition) is 2. The zero-order valence-electron chi connectivity index (χ0n) is 8.73. The average molecular weight is 225 g/mol. The lowest BCUT2D eigenvalue weighted by molar-refractivity contribution is 0.219. The molecule has 1 aliphatic rings. The first-order valence-corrected chi connectivity index (χ1v) is 6.21. The molecular weight excluding hydrogens is 210 g/mol. The van der Waals surface area contributed by atoms with Crippen LogP contribution in [0.1, 0.15) is 12.8 Å². The number of hydrogen-bond acceptors (Lipinski definition) is 5. The lowest BCUT2D eigenvalue weighted by Gasteiger charge is -2.13. The van der Waals surface area contributed by atoms with E-state index in [1.807, 2.05) is 12.3 Å². The van der Waals surface area contributed by atoms with Gasteiger partial charge in [0.25, 0.3) is 0 Å². The molecule has 0 saturated heterocycles. The molecule has 1 aromatic rings. The quantitative estimate of drug-likeness (QED) is 0.585. The molecule has 1 aromatic heterocycles. The van der Waals surface area contributed by atoms with Crippen LogP contribution < -0.4 is 5.32 Å². The van der Waals surface area contributed by atoms with E-state index in [1.165, 1.54) is 0 Å². The third-order valence-electron chi connectivity index (χ3n) is 2.79. The van der Waals surface area contributed by atoms with Gasteiger partial charge in [0.05, 0.1) is 6.61 Å². The molecule has 0 amide bonds. The van der Waals surface area contributed by atoms with Crippen molar-refractivity contribution in [3.05, 3.63) is 12.4 Å². The Bertz CT molecular complexity index is 341. The molecule has 1 saturated carbocycles. The molecule has 1 heterocycles. The Morgan fingerprint density at radius 2 is 2.33 bits per heavy atom. The van der Waals surface area contributed by atoms with Gasteiger partial charge < -0.3 is 10.4 Å². The predicted octanol–water partition coefficient (Wildman–Crippen LogP) is 1.38. The van der Waals surface area contributed by atoms with Crippen LogP contribution in [0.25, 0.3) is 0 Å². The Balaban J connectivity index is 1.93. The van der Waals surface area contributed by atoms with Crippen LogP contribution in [0.15, 0.2) is 17.4 Å². The lowest BCUT2D eigenvalue weighted by Crippen LogP contribution is -2.19. The zero-order valence-corrected chi connectivity index (χ0v) is 9.55. The Morgan fingerprint density at radius 3 is 2.93 bits per heavy atom. The minimum absolute atomic E-state index is 0.116. The molecule has 2 rings (SSSR count). The third-order valence-corrected chi connectivity index (χ3v) is 3.43. The maximum Gasteiger partial charge on any atom is 0.130 e. The Labute approximate surface area is 93.5 Å². The van der Waals surface area contributed by atoms with E-state index in [0.29, 0.717) is 0 Å². The Hall–Kier alpha value is -0.810. The van der Waals surface area contributed by atoms with Gasteiger partial charge in [-0.2, -0.15) is 0 Å². The summed E-state index contributed by atoms with van der Waals surface area (Å²) in [5, 5.41) is 13.4. The molecule has 0 radical (unpaired) electrons. The van der Waals surface area contributed by atoms with Crippen molar-refractivity contribution in [2.75, 3.05) is 24.7 Å². The van der Waals surface area contributed by atoms with Gasteiger partial charge in [-0.05, 0) is 19.1 Å². The second-order valence-electron chi connectivity index (χ2n) is 3.96. The van der Waals surface area contributed by atoms with E-state index in [9.17, 15) is 0 Å². The molecule has 82 valence electrons. The second-order valence-corrected chi connectivity index (χ2v) is 4.78. The molecule has 2 N–H and O–H groups in total. The highest BCUT2D eigenvalue weighted by atomic mass is 32.2. The highest BCUT2D eigenvalue weighted by Gasteiger charge is 2.41. The number of aromatic nitrogens is 2. The topological polar surface area (TPSA) is 58.0 Å². The Morgan fingerprint density at radius 1 is 1.53 bits per heavy atom. The molecule has 0 aromatic carbocycles. The van der Waals surface area contributed by atoms with Crippen molar-refractivity contribution in [3.63, 3.8) is 0 Å². The number of aliphatic hydroxyl groups is 1. The van der Waals surface area contributed by atoms with Crippen LogP contribution in [0.2, 0.25) is 0 Å². The van der Waals surface area contributed by atoms with Crippen LogP contribution >= 0.6 is 11.8 Å². The first-order valence-electron chi connectivity index (χ1n) is 4.99. The minimum atomic E-state index is 0.116. The van der Waals surface area contributed by atoms with Gasteiger partial charge in [-0.15, -0.1) is 11.8 Å². The van der Waals surface area contributed by atoms with Crippen molar-refractivity contribution < 1.29 is 5.11 Å². The smallest absolute Gasteiger partial charge is 0.130 e. The molecule has 0 aliphatic heterocycles. The highest BCUT2D eigenvalue weighted by Crippen LogP contribution is 2.44. The third kappa shape index (κ3) is 2.60. The maximum absolute atomic E-state index is 9.16. The van der Waals surface area contributed by atoms with Gasteiger partial charge in [0.1, 0.15) is 17.2 Å². The molecule has 0 unspecified atom stereocenters. The van der Waals surface area contributed by atoms with E-state index in [-0.39, 0.29) is 12.0 Å². The first kappa shape index (κ1) is 10.7. The van der Waals surface area contributed by atoms with Gasteiger partial charge in [-0.3, -0.25) is 0 Å². The van der Waals surface area contributed by atoms with Crippen molar-refractivity contribution in [2.24, 2.45) is 5.41 Å². The van der Waals surface area contributed by atoms with Crippen molar-refractivity contribution in [3.8, 4) is 0 Å². The van der Waals surface area contributed by atoms with Gasteiger partial charge in [0.15, 0.2) is 0 Å². The molecule has 5 heteroatoms. The summed E-state index contributed by atoms with van der Waals surface area (Å²) in [6.45, 7) is 1.06. The van der Waals surface area contributed by atoms with Gasteiger partial charge >= 0.3 is 0 Å². The molecule has 0 atom stereocenters. The summed E-state index contributed by atoms with van der Waals surface area (Å²) in [5.41, 5.74) is 0.116. The number of anilines is 1. The van der Waals surface area contributed by atoms with Crippen LogP contribution in [0.3, 0.4) is 0 Å². The SMILES string of the molecule is CSc1cc(NCC2(CO)CC2)ncn1. The zero-order chi connectivity index (χ0) is 10.7. The van der Waals surface area contributed by atoms with Gasteiger partial charge in [-0.25, -0.2) is 9.97 Å². The lowest BCUT2D eigenvalue weighted by atomic mass is 10.1. The summed E-state index contributed by atoms with van der Waals surface area (Å²) in [7, 11) is 0. The van der Waals surface area contributed by atoms with Gasteiger partial charge in [0.2, 0.25) is 0 Å². The van der Waals surface area contributed by atoms with E-state index in [1.54, 1.807) is 18.1 Å². The second kappa shape index (κ2) is 4.37. The van der Waals surface area contributed by atoms with Crippen LogP contribution in [0.5, 0.6) is 0 Å². The van der Waals surface area contributed by atoms with Crippen molar-refractivity contribution >= 4 is 17.6 Å². The molecule has 1 fully saturated rings. The molecule has 15 heavy (non-hydrogen) atoms. The van der Waals surface area contributed by atoms with E-state index in [2.05, 4.69) is 15.3 Å². The number of thioether (sulfide) groups is 1. The minimum Gasteiger partial charge on any atom is -0.396 e. The van der Waals surface area contributed by atoms with E-state index in [4.69, 9.17) is 5.11 Å². The normalized spacial score (nSPS) is 17.5. The van der Waals surface area contributed by atoms with Crippen molar-refractivity contribution in [2.45, 2.75) is 17.9 Å². The molecule has 0 bridgehead atoms. The number of rotatable bonds is 5. The van der Waals surface area contributed by atoms with Crippen LogP contribution in [-0.4, -0.2) is 34.5 Å². The predicted molar refractivity (Wildman–Crippen MR) is 61.1 cm³/mol. The summed E-state index contributed by atoms with van der Waals surface area (Å²) in [5.74, 6) is 0.842. The summed E-state index contributed by atoms with van der Waals surface area (Å²) >= 11 is 1.60. The summed E-state index contributed by atoms with van der Waals surface area (Å²) < 4.78 is 0. The molecule has 4 nitrogen and oxygen atoms in total.